The average Bonchev–Trinajstić information content (AvgIpc) is 3.34. The zero-order valence-corrected chi connectivity index (χ0v) is 16.5. The van der Waals surface area contributed by atoms with E-state index in [-0.39, 0.29) is 23.9 Å². The monoisotopic (exact) mass is 408 g/mol. The van der Waals surface area contributed by atoms with Crippen LogP contribution in [-0.4, -0.2) is 50.0 Å². The number of nitrogens with one attached hydrogen (secondary N) is 1. The number of carbonyl (C=O) groups is 2. The van der Waals surface area contributed by atoms with Gasteiger partial charge < -0.3 is 10.2 Å². The summed E-state index contributed by atoms with van der Waals surface area (Å²) in [6.07, 6.45) is 0.844. The predicted octanol–water partition coefficient (Wildman–Crippen LogP) is 2.14. The second kappa shape index (κ2) is 8.40. The molecule has 2 aromatic carbocycles. The standard InChI is InChI=1S/C21H21FN6O2/c1-14-24-25-26-28(14)17-7-8-18(22)19(12-17)23-21(30)16-11-20(29)27(13-16)10-9-15-5-3-2-4-6-15/h2-8,12,16H,9-11,13H2,1H3,(H,23,30). The van der Waals surface area contributed by atoms with E-state index in [0.29, 0.717) is 24.6 Å². The molecule has 9 heteroatoms. The molecule has 2 heterocycles. The molecule has 0 bridgehead atoms. The maximum Gasteiger partial charge on any atom is 0.229 e. The van der Waals surface area contributed by atoms with Crippen LogP contribution < -0.4 is 5.32 Å². The van der Waals surface area contributed by atoms with Gasteiger partial charge in [0.05, 0.1) is 17.3 Å². The van der Waals surface area contributed by atoms with Crippen molar-refractivity contribution in [3.8, 4) is 5.69 Å². The van der Waals surface area contributed by atoms with Crippen LogP contribution in [0.4, 0.5) is 10.1 Å². The van der Waals surface area contributed by atoms with Gasteiger partial charge in [-0.1, -0.05) is 30.3 Å². The van der Waals surface area contributed by atoms with E-state index in [9.17, 15) is 14.0 Å². The van der Waals surface area contributed by atoms with Crippen LogP contribution in [0, 0.1) is 18.7 Å². The molecule has 1 saturated heterocycles. The molecule has 1 atom stereocenters. The summed E-state index contributed by atoms with van der Waals surface area (Å²) in [5.74, 6) is -0.997. The molecule has 1 fully saturated rings. The first-order valence-electron chi connectivity index (χ1n) is 9.69. The summed E-state index contributed by atoms with van der Waals surface area (Å²) in [4.78, 5) is 26.7. The molecule has 30 heavy (non-hydrogen) atoms. The van der Waals surface area contributed by atoms with Crippen LogP contribution in [0.15, 0.2) is 48.5 Å². The molecule has 2 amide bonds. The summed E-state index contributed by atoms with van der Waals surface area (Å²) in [5.41, 5.74) is 1.69. The number of rotatable bonds is 6. The van der Waals surface area contributed by atoms with Gasteiger partial charge in [-0.3, -0.25) is 9.59 Å². The number of carbonyl (C=O) groups excluding carboxylic acids is 2. The molecule has 1 aliphatic rings. The Morgan fingerprint density at radius 3 is 2.77 bits per heavy atom. The van der Waals surface area contributed by atoms with E-state index < -0.39 is 11.7 Å². The molecule has 154 valence electrons. The van der Waals surface area contributed by atoms with E-state index in [1.807, 2.05) is 30.3 Å². The van der Waals surface area contributed by atoms with Crippen molar-refractivity contribution in [3.05, 3.63) is 65.7 Å². The number of hydrogen-bond donors (Lipinski definition) is 1. The number of nitrogens with zero attached hydrogens (tertiary/aromatic N) is 5. The summed E-state index contributed by atoms with van der Waals surface area (Å²) in [5, 5.41) is 13.8. The predicted molar refractivity (Wildman–Crippen MR) is 107 cm³/mol. The number of amides is 2. The molecule has 1 N–H and O–H groups in total. The maximum absolute atomic E-state index is 14.3. The summed E-state index contributed by atoms with van der Waals surface area (Å²) >= 11 is 0. The van der Waals surface area contributed by atoms with Crippen LogP contribution >= 0.6 is 0 Å². The van der Waals surface area contributed by atoms with Crippen molar-refractivity contribution in [1.29, 1.82) is 0 Å². The van der Waals surface area contributed by atoms with E-state index in [4.69, 9.17) is 0 Å². The summed E-state index contributed by atoms with van der Waals surface area (Å²) < 4.78 is 15.7. The summed E-state index contributed by atoms with van der Waals surface area (Å²) in [6.45, 7) is 2.59. The minimum atomic E-state index is -0.567. The fourth-order valence-corrected chi connectivity index (χ4v) is 3.52. The summed E-state index contributed by atoms with van der Waals surface area (Å²) in [7, 11) is 0. The van der Waals surface area contributed by atoms with Crippen molar-refractivity contribution in [2.24, 2.45) is 5.92 Å². The summed E-state index contributed by atoms with van der Waals surface area (Å²) in [6, 6.07) is 14.1. The van der Waals surface area contributed by atoms with Crippen LogP contribution in [-0.2, 0) is 16.0 Å². The molecular formula is C21H21FN6O2. The van der Waals surface area contributed by atoms with Gasteiger partial charge >= 0.3 is 0 Å². The minimum absolute atomic E-state index is 0.0302. The van der Waals surface area contributed by atoms with E-state index in [0.717, 1.165) is 12.0 Å². The lowest BCUT2D eigenvalue weighted by molar-refractivity contribution is -0.128. The molecule has 3 aromatic rings. The molecule has 0 aliphatic carbocycles. The van der Waals surface area contributed by atoms with Crippen molar-refractivity contribution in [2.45, 2.75) is 19.8 Å². The number of benzene rings is 2. The van der Waals surface area contributed by atoms with Gasteiger partial charge in [0, 0.05) is 19.5 Å². The van der Waals surface area contributed by atoms with Gasteiger partial charge in [0.15, 0.2) is 5.82 Å². The highest BCUT2D eigenvalue weighted by Gasteiger charge is 2.34. The van der Waals surface area contributed by atoms with Crippen LogP contribution in [0.2, 0.25) is 0 Å². The number of halogens is 1. The van der Waals surface area contributed by atoms with Gasteiger partial charge in [-0.05, 0) is 47.5 Å². The second-order valence-electron chi connectivity index (χ2n) is 7.27. The molecule has 0 saturated carbocycles. The molecule has 1 unspecified atom stereocenters. The topological polar surface area (TPSA) is 93.0 Å². The van der Waals surface area contributed by atoms with Crippen LogP contribution in [0.3, 0.4) is 0 Å². The largest absolute Gasteiger partial charge is 0.342 e. The van der Waals surface area contributed by atoms with Gasteiger partial charge in [0.1, 0.15) is 5.82 Å². The average molecular weight is 408 g/mol. The van der Waals surface area contributed by atoms with E-state index >= 15 is 0 Å². The van der Waals surface area contributed by atoms with Gasteiger partial charge in [-0.2, -0.15) is 4.68 Å². The third-order valence-corrected chi connectivity index (χ3v) is 5.18. The third kappa shape index (κ3) is 4.19. The third-order valence-electron chi connectivity index (χ3n) is 5.18. The molecule has 0 spiro atoms. The lowest BCUT2D eigenvalue weighted by atomic mass is 10.1. The zero-order valence-electron chi connectivity index (χ0n) is 16.5. The molecule has 0 radical (unpaired) electrons. The number of likely N-dealkylation sites (tertiary alicyclic amines) is 1. The highest BCUT2D eigenvalue weighted by Crippen LogP contribution is 2.23. The molecular weight excluding hydrogens is 387 g/mol. The minimum Gasteiger partial charge on any atom is -0.342 e. The maximum atomic E-state index is 14.3. The molecule has 1 aliphatic heterocycles. The molecule has 8 nitrogen and oxygen atoms in total. The molecule has 4 rings (SSSR count). The fraction of sp³-hybridized carbons (Fsp3) is 0.286. The van der Waals surface area contributed by atoms with E-state index in [1.165, 1.54) is 22.9 Å². The first kappa shape index (κ1) is 19.7. The van der Waals surface area contributed by atoms with Crippen molar-refractivity contribution in [2.75, 3.05) is 18.4 Å². The Bertz CT molecular complexity index is 1070. The van der Waals surface area contributed by atoms with Gasteiger partial charge in [-0.15, -0.1) is 5.10 Å². The first-order chi connectivity index (χ1) is 14.5. The van der Waals surface area contributed by atoms with E-state index in [2.05, 4.69) is 20.8 Å². The van der Waals surface area contributed by atoms with Gasteiger partial charge in [-0.25, -0.2) is 4.39 Å². The van der Waals surface area contributed by atoms with Crippen molar-refractivity contribution < 1.29 is 14.0 Å². The van der Waals surface area contributed by atoms with Gasteiger partial charge in [0.2, 0.25) is 11.8 Å². The second-order valence-corrected chi connectivity index (χ2v) is 7.27. The highest BCUT2D eigenvalue weighted by atomic mass is 19.1. The number of aromatic nitrogens is 4. The number of hydrogen-bond acceptors (Lipinski definition) is 5. The van der Waals surface area contributed by atoms with E-state index in [1.54, 1.807) is 11.8 Å². The van der Waals surface area contributed by atoms with Crippen molar-refractivity contribution in [3.63, 3.8) is 0 Å². The van der Waals surface area contributed by atoms with Crippen LogP contribution in [0.1, 0.15) is 17.8 Å². The first-order valence-corrected chi connectivity index (χ1v) is 9.69. The quantitative estimate of drug-likeness (QED) is 0.675. The van der Waals surface area contributed by atoms with Crippen molar-refractivity contribution >= 4 is 17.5 Å². The number of tetrazole rings is 1. The van der Waals surface area contributed by atoms with Crippen molar-refractivity contribution in [1.82, 2.24) is 25.1 Å². The Morgan fingerprint density at radius 1 is 1.23 bits per heavy atom. The molecule has 1 aromatic heterocycles. The lowest BCUT2D eigenvalue weighted by Gasteiger charge is -2.17. The highest BCUT2D eigenvalue weighted by molar-refractivity contribution is 5.97. The Labute approximate surface area is 172 Å². The van der Waals surface area contributed by atoms with Gasteiger partial charge in [0.25, 0.3) is 0 Å². The Kier molecular flexibility index (Phi) is 5.51. The van der Waals surface area contributed by atoms with Crippen LogP contribution in [0.25, 0.3) is 5.69 Å². The normalized spacial score (nSPS) is 16.1. The lowest BCUT2D eigenvalue weighted by Crippen LogP contribution is -2.30. The zero-order chi connectivity index (χ0) is 21.1. The fourth-order valence-electron chi connectivity index (χ4n) is 3.52. The van der Waals surface area contributed by atoms with Crippen LogP contribution in [0.5, 0.6) is 0 Å². The number of anilines is 1. The smallest absolute Gasteiger partial charge is 0.229 e. The SMILES string of the molecule is Cc1nnnn1-c1ccc(F)c(NC(=O)C2CC(=O)N(CCc3ccccc3)C2)c1. The Hall–Kier alpha value is -3.62. The Morgan fingerprint density at radius 2 is 2.03 bits per heavy atom. The Balaban J connectivity index is 1.40. The number of aryl methyl sites for hydroxylation is 1.